The molecule has 2 aromatic heterocycles. The van der Waals surface area contributed by atoms with E-state index < -0.39 is 10.0 Å². The highest BCUT2D eigenvalue weighted by Crippen LogP contribution is 2.19. The summed E-state index contributed by atoms with van der Waals surface area (Å²) in [5.74, 6) is 0.489. The predicted molar refractivity (Wildman–Crippen MR) is 75.6 cm³/mol. The van der Waals surface area contributed by atoms with Crippen molar-refractivity contribution in [3.05, 3.63) is 29.8 Å². The lowest BCUT2D eigenvalue weighted by molar-refractivity contribution is 0.600. The van der Waals surface area contributed by atoms with Crippen LogP contribution in [0.4, 0.5) is 5.13 Å². The predicted octanol–water partition coefficient (Wildman–Crippen LogP) is 0.677. The molecule has 0 radical (unpaired) electrons. The summed E-state index contributed by atoms with van der Waals surface area (Å²) in [6.07, 6.45) is 1.42. The standard InChI is InChI=1S/C9H9N5O2S3/c1-5-12-9(18-13-5)14-19(15,16)6-3-2-4-11-7(6)8(10)17/h2-4H,1H3,(H2,10,17)(H,12,13,14). The van der Waals surface area contributed by atoms with Gasteiger partial charge < -0.3 is 5.73 Å². The SMILES string of the molecule is Cc1nsc(NS(=O)(=O)c2cccnc2C(N)=S)n1. The summed E-state index contributed by atoms with van der Waals surface area (Å²) in [5, 5.41) is 0.176. The zero-order valence-electron chi connectivity index (χ0n) is 9.69. The summed E-state index contributed by atoms with van der Waals surface area (Å²) in [4.78, 5) is 7.63. The Hall–Kier alpha value is -1.65. The van der Waals surface area contributed by atoms with Gasteiger partial charge in [0.2, 0.25) is 5.13 Å². The molecule has 0 spiro atoms. The van der Waals surface area contributed by atoms with Gasteiger partial charge in [-0.05, 0) is 19.1 Å². The average molecular weight is 315 g/mol. The summed E-state index contributed by atoms with van der Waals surface area (Å²) in [7, 11) is -3.85. The highest BCUT2D eigenvalue weighted by atomic mass is 32.2. The molecule has 0 fully saturated rings. The van der Waals surface area contributed by atoms with Gasteiger partial charge in [0.25, 0.3) is 10.0 Å². The van der Waals surface area contributed by atoms with Gasteiger partial charge in [-0.1, -0.05) is 12.2 Å². The van der Waals surface area contributed by atoms with Gasteiger partial charge in [-0.25, -0.2) is 13.4 Å². The molecule has 0 amide bonds. The minimum Gasteiger partial charge on any atom is -0.388 e. The van der Waals surface area contributed by atoms with Crippen LogP contribution < -0.4 is 10.5 Å². The zero-order chi connectivity index (χ0) is 14.0. The second-order valence-corrected chi connectivity index (χ2v) is 6.31. The molecule has 0 saturated heterocycles. The normalized spacial score (nSPS) is 11.2. The number of aryl methyl sites for hydroxylation is 1. The number of nitrogens with two attached hydrogens (primary N) is 1. The molecule has 0 saturated carbocycles. The fraction of sp³-hybridized carbons (Fsp3) is 0.111. The van der Waals surface area contributed by atoms with Gasteiger partial charge in [0.1, 0.15) is 21.4 Å². The van der Waals surface area contributed by atoms with E-state index in [2.05, 4.69) is 19.1 Å². The summed E-state index contributed by atoms with van der Waals surface area (Å²) in [6.45, 7) is 1.67. The number of rotatable bonds is 4. The van der Waals surface area contributed by atoms with Crippen molar-refractivity contribution < 1.29 is 8.42 Å². The van der Waals surface area contributed by atoms with Crippen molar-refractivity contribution in [1.82, 2.24) is 14.3 Å². The second-order valence-electron chi connectivity index (χ2n) is 3.47. The van der Waals surface area contributed by atoms with Crippen molar-refractivity contribution in [3.8, 4) is 0 Å². The highest BCUT2D eigenvalue weighted by Gasteiger charge is 2.22. The molecule has 2 aromatic rings. The van der Waals surface area contributed by atoms with Gasteiger partial charge >= 0.3 is 0 Å². The third-order valence-electron chi connectivity index (χ3n) is 2.04. The number of sulfonamides is 1. The summed E-state index contributed by atoms with van der Waals surface area (Å²) in [6, 6.07) is 2.86. The molecule has 0 atom stereocenters. The number of pyridine rings is 1. The zero-order valence-corrected chi connectivity index (χ0v) is 12.1. The van der Waals surface area contributed by atoms with Crippen LogP contribution in [0.25, 0.3) is 0 Å². The van der Waals surface area contributed by atoms with Crippen molar-refractivity contribution in [1.29, 1.82) is 0 Å². The van der Waals surface area contributed by atoms with Crippen LogP contribution in [0.5, 0.6) is 0 Å². The summed E-state index contributed by atoms with van der Waals surface area (Å²) in [5.41, 5.74) is 5.51. The first-order chi connectivity index (χ1) is 8.90. The molecule has 0 aliphatic rings. The van der Waals surface area contributed by atoms with Gasteiger partial charge in [-0.3, -0.25) is 9.71 Å². The van der Waals surface area contributed by atoms with Crippen LogP contribution in [0.15, 0.2) is 23.2 Å². The minimum atomic E-state index is -3.85. The average Bonchev–Trinajstić information content (AvgIpc) is 2.74. The van der Waals surface area contributed by atoms with Crippen LogP contribution in [0.2, 0.25) is 0 Å². The Morgan fingerprint density at radius 1 is 1.53 bits per heavy atom. The Bertz CT molecular complexity index is 725. The third kappa shape index (κ3) is 3.03. The first kappa shape index (κ1) is 13.8. The molecule has 100 valence electrons. The molecule has 0 bridgehead atoms. The molecule has 3 N–H and O–H groups in total. The van der Waals surface area contributed by atoms with Crippen LogP contribution in [-0.2, 0) is 10.0 Å². The van der Waals surface area contributed by atoms with Crippen molar-refractivity contribution >= 4 is 43.9 Å². The quantitative estimate of drug-likeness (QED) is 0.798. The Morgan fingerprint density at radius 3 is 2.84 bits per heavy atom. The largest absolute Gasteiger partial charge is 0.388 e. The molecule has 7 nitrogen and oxygen atoms in total. The van der Waals surface area contributed by atoms with E-state index in [-0.39, 0.29) is 20.7 Å². The fourth-order valence-electron chi connectivity index (χ4n) is 1.30. The van der Waals surface area contributed by atoms with E-state index in [1.807, 2.05) is 0 Å². The molecule has 2 rings (SSSR count). The smallest absolute Gasteiger partial charge is 0.265 e. The number of nitrogens with zero attached hydrogens (tertiary/aromatic N) is 3. The molecule has 10 heteroatoms. The van der Waals surface area contributed by atoms with Gasteiger partial charge in [0, 0.05) is 17.7 Å². The van der Waals surface area contributed by atoms with Gasteiger partial charge in [-0.2, -0.15) is 4.37 Å². The van der Waals surface area contributed by atoms with Crippen LogP contribution in [-0.4, -0.2) is 27.7 Å². The maximum atomic E-state index is 12.2. The molecule has 0 unspecified atom stereocenters. The van der Waals surface area contributed by atoms with E-state index in [1.165, 1.54) is 18.3 Å². The van der Waals surface area contributed by atoms with Crippen LogP contribution in [0, 0.1) is 6.92 Å². The number of hydrogen-bond acceptors (Lipinski definition) is 7. The van der Waals surface area contributed by atoms with Crippen LogP contribution in [0.3, 0.4) is 0 Å². The van der Waals surface area contributed by atoms with E-state index in [0.29, 0.717) is 5.82 Å². The van der Waals surface area contributed by atoms with Crippen molar-refractivity contribution in [3.63, 3.8) is 0 Å². The van der Waals surface area contributed by atoms with Crippen LogP contribution >= 0.6 is 23.8 Å². The summed E-state index contributed by atoms with van der Waals surface area (Å²) < 4.78 is 30.6. The van der Waals surface area contributed by atoms with Gasteiger partial charge in [0.15, 0.2) is 0 Å². The summed E-state index contributed by atoms with van der Waals surface area (Å²) >= 11 is 5.73. The van der Waals surface area contributed by atoms with Gasteiger partial charge in [0.05, 0.1) is 0 Å². The van der Waals surface area contributed by atoms with E-state index >= 15 is 0 Å². The van der Waals surface area contributed by atoms with Crippen LogP contribution in [0.1, 0.15) is 11.5 Å². The van der Waals surface area contributed by atoms with E-state index in [0.717, 1.165) is 11.5 Å². The lowest BCUT2D eigenvalue weighted by atomic mass is 10.3. The monoisotopic (exact) mass is 315 g/mol. The minimum absolute atomic E-state index is 0.0474. The fourth-order valence-corrected chi connectivity index (χ4v) is 3.50. The number of hydrogen-bond donors (Lipinski definition) is 2. The Morgan fingerprint density at radius 2 is 2.26 bits per heavy atom. The molecule has 0 aliphatic carbocycles. The Kier molecular flexibility index (Phi) is 3.73. The molecule has 0 aliphatic heterocycles. The third-order valence-corrected chi connectivity index (χ3v) is 4.46. The molecular formula is C9H9N5O2S3. The Labute approximate surface area is 119 Å². The molecule has 0 aromatic carbocycles. The molecular weight excluding hydrogens is 306 g/mol. The number of nitrogens with one attached hydrogen (secondary N) is 1. The lowest BCUT2D eigenvalue weighted by Crippen LogP contribution is -2.21. The maximum Gasteiger partial charge on any atom is 0.265 e. The molecule has 19 heavy (non-hydrogen) atoms. The van der Waals surface area contributed by atoms with Crippen molar-refractivity contribution in [2.75, 3.05) is 4.72 Å². The van der Waals surface area contributed by atoms with Crippen molar-refractivity contribution in [2.24, 2.45) is 5.73 Å². The van der Waals surface area contributed by atoms with Crippen molar-refractivity contribution in [2.45, 2.75) is 11.8 Å². The Balaban J connectivity index is 2.43. The lowest BCUT2D eigenvalue weighted by Gasteiger charge is -2.08. The first-order valence-corrected chi connectivity index (χ1v) is 7.64. The maximum absolute atomic E-state index is 12.2. The van der Waals surface area contributed by atoms with Gasteiger partial charge in [-0.15, -0.1) is 0 Å². The highest BCUT2D eigenvalue weighted by molar-refractivity contribution is 7.93. The molecule has 2 heterocycles. The number of thiocarbonyl (C=S) groups is 1. The van der Waals surface area contributed by atoms with E-state index in [9.17, 15) is 8.42 Å². The first-order valence-electron chi connectivity index (χ1n) is 4.98. The van der Waals surface area contributed by atoms with E-state index in [4.69, 9.17) is 18.0 Å². The number of aromatic nitrogens is 3. The topological polar surface area (TPSA) is 111 Å². The number of anilines is 1. The van der Waals surface area contributed by atoms with E-state index in [1.54, 1.807) is 6.92 Å². The second kappa shape index (κ2) is 5.15.